The number of likely N-dealkylation sites (tertiary alicyclic amines) is 1. The summed E-state index contributed by atoms with van der Waals surface area (Å²) < 4.78 is 8.48. The Morgan fingerprint density at radius 2 is 1.66 bits per heavy atom. The van der Waals surface area contributed by atoms with Crippen LogP contribution in [0.3, 0.4) is 0 Å². The van der Waals surface area contributed by atoms with Crippen molar-refractivity contribution in [1.29, 1.82) is 0 Å². The van der Waals surface area contributed by atoms with Crippen LogP contribution in [-0.2, 0) is 12.6 Å². The second kappa shape index (κ2) is 7.51. The Morgan fingerprint density at radius 1 is 1.00 bits per heavy atom. The standard InChI is InChI=1S/C25H26N4O3/c1-27(2)23(30)17-8-4-5-9-18(17)24(31)29-14-12-25(13-15-29)20-16-26-28(3)22(20)19-10-6-7-11-21(19)32-25/h4-11,16H,12-15H2,1-3H3. The number of aryl methyl sites for hydroxylation is 1. The average molecular weight is 431 g/mol. The molecule has 1 fully saturated rings. The molecule has 0 unspecified atom stereocenters. The summed E-state index contributed by atoms with van der Waals surface area (Å²) in [4.78, 5) is 29.3. The first-order valence-corrected chi connectivity index (χ1v) is 10.8. The minimum atomic E-state index is -0.506. The van der Waals surface area contributed by atoms with Gasteiger partial charge in [-0.25, -0.2) is 0 Å². The summed E-state index contributed by atoms with van der Waals surface area (Å²) in [7, 11) is 5.34. The molecule has 2 aliphatic heterocycles. The molecule has 0 N–H and O–H groups in total. The molecule has 0 bridgehead atoms. The van der Waals surface area contributed by atoms with Gasteiger partial charge in [0.1, 0.15) is 11.4 Å². The molecule has 1 aromatic heterocycles. The molecule has 7 nitrogen and oxygen atoms in total. The number of nitrogens with zero attached hydrogens (tertiary/aromatic N) is 4. The number of amides is 2. The molecule has 0 atom stereocenters. The molecular formula is C25H26N4O3. The SMILES string of the molecule is CN(C)C(=O)c1ccccc1C(=O)N1CCC2(CC1)Oc1ccccc1-c1c2cnn1C. The highest BCUT2D eigenvalue weighted by atomic mass is 16.5. The Bertz CT molecular complexity index is 1210. The largest absolute Gasteiger partial charge is 0.482 e. The lowest BCUT2D eigenvalue weighted by Crippen LogP contribution is -2.49. The van der Waals surface area contributed by atoms with Gasteiger partial charge in [0, 0.05) is 58.2 Å². The fourth-order valence-corrected chi connectivity index (χ4v) is 4.82. The van der Waals surface area contributed by atoms with Crippen molar-refractivity contribution in [3.63, 3.8) is 0 Å². The van der Waals surface area contributed by atoms with Crippen LogP contribution in [0.4, 0.5) is 0 Å². The molecule has 0 saturated carbocycles. The lowest BCUT2D eigenvalue weighted by Gasteiger charge is -2.44. The summed E-state index contributed by atoms with van der Waals surface area (Å²) in [6.07, 6.45) is 3.22. The highest BCUT2D eigenvalue weighted by molar-refractivity contribution is 6.07. The van der Waals surface area contributed by atoms with Crippen molar-refractivity contribution < 1.29 is 14.3 Å². The highest BCUT2D eigenvalue weighted by Gasteiger charge is 2.46. The zero-order valence-electron chi connectivity index (χ0n) is 18.5. The smallest absolute Gasteiger partial charge is 0.254 e. The van der Waals surface area contributed by atoms with Crippen LogP contribution in [-0.4, -0.2) is 58.6 Å². The van der Waals surface area contributed by atoms with Crippen molar-refractivity contribution >= 4 is 11.8 Å². The molecule has 3 heterocycles. The zero-order chi connectivity index (χ0) is 22.5. The molecule has 1 spiro atoms. The van der Waals surface area contributed by atoms with Crippen LogP contribution in [0.2, 0.25) is 0 Å². The van der Waals surface area contributed by atoms with E-state index in [-0.39, 0.29) is 11.8 Å². The summed E-state index contributed by atoms with van der Waals surface area (Å²) in [6, 6.07) is 15.1. The summed E-state index contributed by atoms with van der Waals surface area (Å²) in [6.45, 7) is 1.08. The monoisotopic (exact) mass is 430 g/mol. The molecule has 2 aliphatic rings. The number of para-hydroxylation sites is 1. The van der Waals surface area contributed by atoms with Crippen LogP contribution in [0, 0.1) is 0 Å². The Balaban J connectivity index is 1.42. The van der Waals surface area contributed by atoms with Crippen LogP contribution in [0.5, 0.6) is 5.75 Å². The van der Waals surface area contributed by atoms with Crippen molar-refractivity contribution in [2.24, 2.45) is 7.05 Å². The van der Waals surface area contributed by atoms with Gasteiger partial charge in [-0.05, 0) is 24.3 Å². The minimum Gasteiger partial charge on any atom is -0.482 e. The maximum Gasteiger partial charge on any atom is 0.254 e. The third-order valence-electron chi connectivity index (χ3n) is 6.53. The molecule has 3 aromatic rings. The number of carbonyl (C=O) groups is 2. The van der Waals surface area contributed by atoms with Crippen molar-refractivity contribution in [2.75, 3.05) is 27.2 Å². The van der Waals surface area contributed by atoms with Crippen LogP contribution >= 0.6 is 0 Å². The second-order valence-corrected chi connectivity index (χ2v) is 8.66. The highest BCUT2D eigenvalue weighted by Crippen LogP contribution is 2.49. The molecule has 0 aliphatic carbocycles. The number of rotatable bonds is 2. The Labute approximate surface area is 187 Å². The third kappa shape index (κ3) is 3.07. The fraction of sp³-hybridized carbons (Fsp3) is 0.320. The molecular weight excluding hydrogens is 404 g/mol. The van der Waals surface area contributed by atoms with Crippen LogP contribution in [0.1, 0.15) is 39.1 Å². The number of aromatic nitrogens is 2. The molecule has 1 saturated heterocycles. The first-order chi connectivity index (χ1) is 15.4. The van der Waals surface area contributed by atoms with Gasteiger partial charge in [-0.2, -0.15) is 5.10 Å². The number of ether oxygens (including phenoxy) is 1. The van der Waals surface area contributed by atoms with Gasteiger partial charge in [0.2, 0.25) is 0 Å². The first kappa shape index (κ1) is 20.3. The lowest BCUT2D eigenvalue weighted by molar-refractivity contribution is -0.00178. The van der Waals surface area contributed by atoms with Gasteiger partial charge in [-0.1, -0.05) is 24.3 Å². The predicted molar refractivity (Wildman–Crippen MR) is 121 cm³/mol. The van der Waals surface area contributed by atoms with Crippen LogP contribution in [0.15, 0.2) is 54.7 Å². The number of carbonyl (C=O) groups excluding carboxylic acids is 2. The average Bonchev–Trinajstić information content (AvgIpc) is 3.21. The van der Waals surface area contributed by atoms with E-state index in [2.05, 4.69) is 11.2 Å². The molecule has 2 amide bonds. The Morgan fingerprint density at radius 3 is 2.38 bits per heavy atom. The summed E-state index contributed by atoms with van der Waals surface area (Å²) in [5.74, 6) is 0.563. The number of hydrogen-bond donors (Lipinski definition) is 0. The molecule has 5 rings (SSSR count). The maximum absolute atomic E-state index is 13.4. The predicted octanol–water partition coefficient (Wildman–Crippen LogP) is 3.31. The van der Waals surface area contributed by atoms with Gasteiger partial charge < -0.3 is 14.5 Å². The topological polar surface area (TPSA) is 67.7 Å². The minimum absolute atomic E-state index is 0.117. The third-order valence-corrected chi connectivity index (χ3v) is 6.53. The molecule has 0 radical (unpaired) electrons. The fourth-order valence-electron chi connectivity index (χ4n) is 4.82. The van der Waals surface area contributed by atoms with E-state index in [9.17, 15) is 9.59 Å². The van der Waals surface area contributed by atoms with E-state index < -0.39 is 5.60 Å². The van der Waals surface area contributed by atoms with Crippen molar-refractivity contribution in [3.8, 4) is 17.0 Å². The van der Waals surface area contributed by atoms with E-state index in [1.54, 1.807) is 38.4 Å². The second-order valence-electron chi connectivity index (χ2n) is 8.66. The molecule has 32 heavy (non-hydrogen) atoms. The van der Waals surface area contributed by atoms with Gasteiger partial charge >= 0.3 is 0 Å². The van der Waals surface area contributed by atoms with Gasteiger partial charge in [0.25, 0.3) is 11.8 Å². The Kier molecular flexibility index (Phi) is 4.77. The lowest BCUT2D eigenvalue weighted by atomic mass is 9.81. The number of benzene rings is 2. The van der Waals surface area contributed by atoms with Gasteiger partial charge in [-0.15, -0.1) is 0 Å². The summed E-state index contributed by atoms with van der Waals surface area (Å²) in [5, 5.41) is 4.51. The molecule has 7 heteroatoms. The maximum atomic E-state index is 13.4. The van der Waals surface area contributed by atoms with Gasteiger partial charge in [0.15, 0.2) is 0 Å². The quantitative estimate of drug-likeness (QED) is 0.626. The summed E-state index contributed by atoms with van der Waals surface area (Å²) in [5.41, 5.74) is 3.57. The molecule has 164 valence electrons. The normalized spacial score (nSPS) is 16.2. The van der Waals surface area contributed by atoms with Crippen molar-refractivity contribution in [3.05, 3.63) is 71.4 Å². The number of hydrogen-bond acceptors (Lipinski definition) is 4. The van der Waals surface area contributed by atoms with E-state index in [4.69, 9.17) is 4.74 Å². The van der Waals surface area contributed by atoms with E-state index >= 15 is 0 Å². The number of piperidine rings is 1. The van der Waals surface area contributed by atoms with Gasteiger partial charge in [-0.3, -0.25) is 14.3 Å². The summed E-state index contributed by atoms with van der Waals surface area (Å²) >= 11 is 0. The van der Waals surface area contributed by atoms with E-state index in [0.717, 1.165) is 22.6 Å². The van der Waals surface area contributed by atoms with Crippen molar-refractivity contribution in [2.45, 2.75) is 18.4 Å². The van der Waals surface area contributed by atoms with Crippen LogP contribution < -0.4 is 4.74 Å². The Hall–Kier alpha value is -3.61. The van der Waals surface area contributed by atoms with Crippen LogP contribution in [0.25, 0.3) is 11.3 Å². The van der Waals surface area contributed by atoms with Crippen molar-refractivity contribution in [1.82, 2.24) is 19.6 Å². The van der Waals surface area contributed by atoms with Gasteiger partial charge in [0.05, 0.1) is 23.0 Å². The number of fused-ring (bicyclic) bond motifs is 4. The van der Waals surface area contributed by atoms with E-state index in [1.165, 1.54) is 4.90 Å². The van der Waals surface area contributed by atoms with E-state index in [0.29, 0.717) is 37.1 Å². The molecule has 2 aromatic carbocycles. The van der Waals surface area contributed by atoms with E-state index in [1.807, 2.05) is 41.0 Å². The zero-order valence-corrected chi connectivity index (χ0v) is 18.5. The first-order valence-electron chi connectivity index (χ1n) is 10.8.